The predicted molar refractivity (Wildman–Crippen MR) is 83.3 cm³/mol. The van der Waals surface area contributed by atoms with Crippen molar-refractivity contribution in [3.05, 3.63) is 6.20 Å². The summed E-state index contributed by atoms with van der Waals surface area (Å²) in [6.07, 6.45) is 7.45. The molecule has 2 aliphatic carbocycles. The standard InChI is InChI=1S/C15H22N6/c1-8(11-6-9-3-4-10(11)5-9)18-13-12-7-17-21-14(12)20-15(16-2)19-13/h7-11H,3-6H2,1-2H3,(H3,16,17,18,19,20,21). The van der Waals surface area contributed by atoms with Crippen LogP contribution in [0.15, 0.2) is 6.20 Å². The van der Waals surface area contributed by atoms with E-state index in [1.165, 1.54) is 25.7 Å². The number of hydrogen-bond acceptors (Lipinski definition) is 5. The molecule has 2 bridgehead atoms. The van der Waals surface area contributed by atoms with Crippen LogP contribution in [0.4, 0.5) is 11.8 Å². The van der Waals surface area contributed by atoms with E-state index in [-0.39, 0.29) is 0 Å². The predicted octanol–water partition coefficient (Wildman–Crippen LogP) is 2.63. The third-order valence-electron chi connectivity index (χ3n) is 5.33. The molecule has 6 nitrogen and oxygen atoms in total. The second kappa shape index (κ2) is 4.86. The summed E-state index contributed by atoms with van der Waals surface area (Å²) < 4.78 is 0. The first-order valence-corrected chi connectivity index (χ1v) is 7.90. The van der Waals surface area contributed by atoms with Gasteiger partial charge in [-0.1, -0.05) is 6.42 Å². The molecule has 2 fully saturated rings. The van der Waals surface area contributed by atoms with Gasteiger partial charge >= 0.3 is 0 Å². The highest BCUT2D eigenvalue weighted by Crippen LogP contribution is 2.49. The molecule has 4 rings (SSSR count). The molecule has 0 spiro atoms. The lowest BCUT2D eigenvalue weighted by atomic mass is 9.84. The number of aromatic amines is 1. The smallest absolute Gasteiger partial charge is 0.226 e. The van der Waals surface area contributed by atoms with E-state index in [1.54, 1.807) is 6.20 Å². The van der Waals surface area contributed by atoms with Gasteiger partial charge in [0.2, 0.25) is 5.95 Å². The summed E-state index contributed by atoms with van der Waals surface area (Å²) in [5.41, 5.74) is 0.775. The molecule has 0 aromatic carbocycles. The zero-order valence-electron chi connectivity index (χ0n) is 12.6. The third kappa shape index (κ3) is 2.13. The molecule has 0 radical (unpaired) electrons. The molecule has 21 heavy (non-hydrogen) atoms. The Balaban J connectivity index is 1.60. The number of fused-ring (bicyclic) bond motifs is 3. The Bertz CT molecular complexity index is 651. The van der Waals surface area contributed by atoms with E-state index in [0.717, 1.165) is 34.6 Å². The van der Waals surface area contributed by atoms with Crippen LogP contribution in [0.25, 0.3) is 11.0 Å². The molecule has 3 N–H and O–H groups in total. The Morgan fingerprint density at radius 1 is 1.29 bits per heavy atom. The summed E-state index contributed by atoms with van der Waals surface area (Å²) in [7, 11) is 1.83. The fraction of sp³-hybridized carbons (Fsp3) is 0.667. The molecule has 2 heterocycles. The van der Waals surface area contributed by atoms with Gasteiger partial charge in [-0.3, -0.25) is 5.10 Å². The Hall–Kier alpha value is -1.85. The minimum atomic E-state index is 0.443. The molecule has 6 heteroatoms. The highest BCUT2D eigenvalue weighted by atomic mass is 15.2. The van der Waals surface area contributed by atoms with E-state index in [9.17, 15) is 0 Å². The summed E-state index contributed by atoms with van der Waals surface area (Å²) in [5, 5.41) is 14.6. The molecule has 4 atom stereocenters. The monoisotopic (exact) mass is 286 g/mol. The molecule has 0 aliphatic heterocycles. The number of nitrogens with zero attached hydrogens (tertiary/aromatic N) is 3. The van der Waals surface area contributed by atoms with E-state index in [4.69, 9.17) is 0 Å². The zero-order valence-corrected chi connectivity index (χ0v) is 12.6. The van der Waals surface area contributed by atoms with E-state index >= 15 is 0 Å². The average molecular weight is 286 g/mol. The number of nitrogens with one attached hydrogen (secondary N) is 3. The van der Waals surface area contributed by atoms with Crippen molar-refractivity contribution < 1.29 is 0 Å². The number of rotatable bonds is 4. The molecule has 0 amide bonds. The minimum absolute atomic E-state index is 0.443. The number of anilines is 2. The molecule has 112 valence electrons. The largest absolute Gasteiger partial charge is 0.367 e. The van der Waals surface area contributed by atoms with Crippen LogP contribution in [0.1, 0.15) is 32.6 Å². The first kappa shape index (κ1) is 12.9. The van der Waals surface area contributed by atoms with Gasteiger partial charge in [-0.05, 0) is 43.9 Å². The Morgan fingerprint density at radius 3 is 2.90 bits per heavy atom. The van der Waals surface area contributed by atoms with E-state index in [2.05, 4.69) is 37.7 Å². The molecule has 2 aromatic rings. The van der Waals surface area contributed by atoms with Crippen molar-refractivity contribution in [1.82, 2.24) is 20.2 Å². The highest BCUT2D eigenvalue weighted by Gasteiger charge is 2.41. The molecule has 2 saturated carbocycles. The van der Waals surface area contributed by atoms with Crippen molar-refractivity contribution in [2.75, 3.05) is 17.7 Å². The van der Waals surface area contributed by atoms with Gasteiger partial charge in [0.1, 0.15) is 5.82 Å². The van der Waals surface area contributed by atoms with Crippen molar-refractivity contribution in [1.29, 1.82) is 0 Å². The molecule has 0 saturated heterocycles. The van der Waals surface area contributed by atoms with Gasteiger partial charge < -0.3 is 10.6 Å². The topological polar surface area (TPSA) is 78.5 Å². The van der Waals surface area contributed by atoms with Crippen molar-refractivity contribution >= 4 is 22.8 Å². The maximum absolute atomic E-state index is 4.57. The van der Waals surface area contributed by atoms with Crippen LogP contribution in [0.5, 0.6) is 0 Å². The quantitative estimate of drug-likeness (QED) is 0.805. The molecule has 2 aromatic heterocycles. The van der Waals surface area contributed by atoms with Crippen LogP contribution in [-0.2, 0) is 0 Å². The normalized spacial score (nSPS) is 29.0. The van der Waals surface area contributed by atoms with E-state index in [1.807, 2.05) is 7.05 Å². The van der Waals surface area contributed by atoms with Gasteiger partial charge in [-0.25, -0.2) is 0 Å². The third-order valence-corrected chi connectivity index (χ3v) is 5.33. The fourth-order valence-electron chi connectivity index (χ4n) is 4.29. The lowest BCUT2D eigenvalue weighted by Crippen LogP contribution is -2.30. The van der Waals surface area contributed by atoms with Gasteiger partial charge in [0.05, 0.1) is 11.6 Å². The van der Waals surface area contributed by atoms with E-state index < -0.39 is 0 Å². The highest BCUT2D eigenvalue weighted by molar-refractivity contribution is 5.87. The second-order valence-electron chi connectivity index (χ2n) is 6.55. The summed E-state index contributed by atoms with van der Waals surface area (Å²) in [6, 6.07) is 0.443. The van der Waals surface area contributed by atoms with Crippen molar-refractivity contribution in [2.24, 2.45) is 17.8 Å². The molecular formula is C15H22N6. The first-order valence-electron chi connectivity index (χ1n) is 7.90. The van der Waals surface area contributed by atoms with E-state index in [0.29, 0.717) is 12.0 Å². The average Bonchev–Trinajstić information content (AvgIpc) is 3.22. The molecular weight excluding hydrogens is 264 g/mol. The lowest BCUT2D eigenvalue weighted by Gasteiger charge is -2.29. The minimum Gasteiger partial charge on any atom is -0.367 e. The van der Waals surface area contributed by atoms with Crippen LogP contribution >= 0.6 is 0 Å². The van der Waals surface area contributed by atoms with Crippen LogP contribution < -0.4 is 10.6 Å². The van der Waals surface area contributed by atoms with Gasteiger partial charge in [-0.2, -0.15) is 15.1 Å². The first-order chi connectivity index (χ1) is 10.2. The van der Waals surface area contributed by atoms with Gasteiger partial charge in [0, 0.05) is 13.1 Å². The molecule has 2 aliphatic rings. The zero-order chi connectivity index (χ0) is 14.4. The fourth-order valence-corrected chi connectivity index (χ4v) is 4.29. The van der Waals surface area contributed by atoms with Crippen LogP contribution in [-0.4, -0.2) is 33.3 Å². The summed E-state index contributed by atoms with van der Waals surface area (Å²) in [4.78, 5) is 8.95. The lowest BCUT2D eigenvalue weighted by molar-refractivity contribution is 0.304. The number of aromatic nitrogens is 4. The van der Waals surface area contributed by atoms with Crippen LogP contribution in [0.2, 0.25) is 0 Å². The van der Waals surface area contributed by atoms with Crippen molar-refractivity contribution in [3.8, 4) is 0 Å². The maximum Gasteiger partial charge on any atom is 0.226 e. The van der Waals surface area contributed by atoms with Gasteiger partial charge in [0.25, 0.3) is 0 Å². The molecule has 4 unspecified atom stereocenters. The maximum atomic E-state index is 4.57. The summed E-state index contributed by atoms with van der Waals surface area (Å²) in [5.74, 6) is 4.15. The van der Waals surface area contributed by atoms with Crippen molar-refractivity contribution in [3.63, 3.8) is 0 Å². The SMILES string of the molecule is CNc1nc(NC(C)C2CC3CCC2C3)c2cn[nH]c2n1. The summed E-state index contributed by atoms with van der Waals surface area (Å²) >= 11 is 0. The summed E-state index contributed by atoms with van der Waals surface area (Å²) in [6.45, 7) is 2.29. The van der Waals surface area contributed by atoms with Gasteiger partial charge in [0.15, 0.2) is 5.65 Å². The van der Waals surface area contributed by atoms with Crippen molar-refractivity contribution in [2.45, 2.75) is 38.6 Å². The van der Waals surface area contributed by atoms with Crippen LogP contribution in [0.3, 0.4) is 0 Å². The van der Waals surface area contributed by atoms with Gasteiger partial charge in [-0.15, -0.1) is 0 Å². The Kier molecular flexibility index (Phi) is 2.97. The second-order valence-corrected chi connectivity index (χ2v) is 6.55. The van der Waals surface area contributed by atoms with Crippen LogP contribution in [0, 0.1) is 17.8 Å². The number of H-pyrrole nitrogens is 1. The number of hydrogen-bond donors (Lipinski definition) is 3. The Labute approximate surface area is 124 Å². The Morgan fingerprint density at radius 2 is 2.19 bits per heavy atom.